The van der Waals surface area contributed by atoms with Gasteiger partial charge in [0.05, 0.1) is 18.3 Å². The maximum Gasteiger partial charge on any atom is 0.256 e. The number of benzene rings is 2. The quantitative estimate of drug-likeness (QED) is 0.665. The molecule has 3 amide bonds. The maximum absolute atomic E-state index is 14.2. The SMILES string of the molecule is O=C(NC[C@@H]1CCCO1)[C@H]1COC2(CCN(C(=O)c3ccccc3F)CC2)N1C(=O)c1cccc(F)c1. The number of hydrogen-bond acceptors (Lipinski definition) is 5. The third-order valence-corrected chi connectivity index (χ3v) is 7.32. The van der Waals surface area contributed by atoms with Crippen molar-refractivity contribution in [2.45, 2.75) is 43.6 Å². The van der Waals surface area contributed by atoms with Crippen LogP contribution in [0.4, 0.5) is 8.78 Å². The van der Waals surface area contributed by atoms with Gasteiger partial charge < -0.3 is 19.7 Å². The Morgan fingerprint density at radius 2 is 1.81 bits per heavy atom. The van der Waals surface area contributed by atoms with Crippen LogP contribution in [-0.2, 0) is 14.3 Å². The van der Waals surface area contributed by atoms with E-state index >= 15 is 0 Å². The molecule has 0 aromatic heterocycles. The first kappa shape index (κ1) is 25.3. The fourth-order valence-electron chi connectivity index (χ4n) is 5.33. The molecule has 8 nitrogen and oxygen atoms in total. The van der Waals surface area contributed by atoms with Crippen molar-refractivity contribution in [2.24, 2.45) is 0 Å². The molecule has 0 bridgehead atoms. The summed E-state index contributed by atoms with van der Waals surface area (Å²) >= 11 is 0. The first-order valence-electron chi connectivity index (χ1n) is 12.5. The molecule has 196 valence electrons. The van der Waals surface area contributed by atoms with Gasteiger partial charge in [-0.15, -0.1) is 0 Å². The van der Waals surface area contributed by atoms with Gasteiger partial charge in [-0.3, -0.25) is 19.3 Å². The minimum atomic E-state index is -1.15. The Bertz CT molecular complexity index is 1180. The molecule has 1 spiro atoms. The van der Waals surface area contributed by atoms with Crippen LogP contribution in [0.3, 0.4) is 0 Å². The lowest BCUT2D eigenvalue weighted by Gasteiger charge is -2.44. The number of nitrogens with one attached hydrogen (secondary N) is 1. The van der Waals surface area contributed by atoms with Crippen LogP contribution < -0.4 is 5.32 Å². The van der Waals surface area contributed by atoms with E-state index in [0.717, 1.165) is 18.9 Å². The van der Waals surface area contributed by atoms with Crippen LogP contribution in [0.1, 0.15) is 46.4 Å². The number of rotatable bonds is 5. The van der Waals surface area contributed by atoms with Crippen molar-refractivity contribution in [2.75, 3.05) is 32.8 Å². The molecule has 37 heavy (non-hydrogen) atoms. The lowest BCUT2D eigenvalue weighted by molar-refractivity contribution is -0.128. The smallest absolute Gasteiger partial charge is 0.256 e. The summed E-state index contributed by atoms with van der Waals surface area (Å²) in [7, 11) is 0. The van der Waals surface area contributed by atoms with Gasteiger partial charge in [0.25, 0.3) is 11.8 Å². The molecule has 2 aromatic rings. The number of piperidine rings is 1. The highest BCUT2D eigenvalue weighted by Crippen LogP contribution is 2.39. The highest BCUT2D eigenvalue weighted by molar-refractivity contribution is 5.98. The fraction of sp³-hybridized carbons (Fsp3) is 0.444. The molecule has 5 rings (SSSR count). The van der Waals surface area contributed by atoms with Crippen molar-refractivity contribution >= 4 is 17.7 Å². The lowest BCUT2D eigenvalue weighted by Crippen LogP contribution is -2.60. The predicted molar refractivity (Wildman–Crippen MR) is 129 cm³/mol. The van der Waals surface area contributed by atoms with Gasteiger partial charge in [-0.1, -0.05) is 18.2 Å². The zero-order valence-corrected chi connectivity index (χ0v) is 20.3. The number of carbonyl (C=O) groups is 3. The van der Waals surface area contributed by atoms with Crippen LogP contribution >= 0.6 is 0 Å². The molecule has 0 unspecified atom stereocenters. The Balaban J connectivity index is 1.36. The van der Waals surface area contributed by atoms with Crippen molar-refractivity contribution < 1.29 is 32.6 Å². The van der Waals surface area contributed by atoms with Crippen molar-refractivity contribution in [3.63, 3.8) is 0 Å². The van der Waals surface area contributed by atoms with Crippen molar-refractivity contribution in [1.82, 2.24) is 15.1 Å². The molecule has 0 aliphatic carbocycles. The third kappa shape index (κ3) is 5.08. The van der Waals surface area contributed by atoms with Gasteiger partial charge in [0.2, 0.25) is 5.91 Å². The minimum Gasteiger partial charge on any atom is -0.376 e. The maximum atomic E-state index is 14.2. The average Bonchev–Trinajstić information content (AvgIpc) is 3.56. The highest BCUT2D eigenvalue weighted by atomic mass is 19.1. The normalized spacial score (nSPS) is 22.9. The van der Waals surface area contributed by atoms with E-state index in [9.17, 15) is 23.2 Å². The van der Waals surface area contributed by atoms with E-state index in [2.05, 4.69) is 5.32 Å². The first-order valence-corrected chi connectivity index (χ1v) is 12.5. The van der Waals surface area contributed by atoms with Crippen LogP contribution in [0, 0.1) is 11.6 Å². The number of nitrogens with zero attached hydrogens (tertiary/aromatic N) is 2. The summed E-state index contributed by atoms with van der Waals surface area (Å²) in [6, 6.07) is 10.2. The molecule has 10 heteroatoms. The number of ether oxygens (including phenoxy) is 2. The summed E-state index contributed by atoms with van der Waals surface area (Å²) in [6.45, 7) is 1.35. The molecular formula is C27H29F2N3O5. The summed E-state index contributed by atoms with van der Waals surface area (Å²) < 4.78 is 39.9. The Hall–Kier alpha value is -3.37. The predicted octanol–water partition coefficient (Wildman–Crippen LogP) is 2.73. The van der Waals surface area contributed by atoms with Gasteiger partial charge in [0.15, 0.2) is 0 Å². The second kappa shape index (κ2) is 10.5. The van der Waals surface area contributed by atoms with Crippen LogP contribution in [0.25, 0.3) is 0 Å². The van der Waals surface area contributed by atoms with Gasteiger partial charge in [-0.2, -0.15) is 0 Å². The molecule has 0 saturated carbocycles. The molecule has 3 fully saturated rings. The molecular weight excluding hydrogens is 484 g/mol. The lowest BCUT2D eigenvalue weighted by atomic mass is 9.96. The second-order valence-corrected chi connectivity index (χ2v) is 9.61. The van der Waals surface area contributed by atoms with E-state index in [4.69, 9.17) is 9.47 Å². The second-order valence-electron chi connectivity index (χ2n) is 9.61. The van der Waals surface area contributed by atoms with Crippen LogP contribution in [0.15, 0.2) is 48.5 Å². The van der Waals surface area contributed by atoms with Crippen LogP contribution in [-0.4, -0.2) is 78.2 Å². The van der Waals surface area contributed by atoms with Crippen molar-refractivity contribution in [1.29, 1.82) is 0 Å². The molecule has 2 aromatic carbocycles. The van der Waals surface area contributed by atoms with Crippen molar-refractivity contribution in [3.8, 4) is 0 Å². The molecule has 3 aliphatic rings. The van der Waals surface area contributed by atoms with E-state index in [0.29, 0.717) is 13.2 Å². The summed E-state index contributed by atoms with van der Waals surface area (Å²) in [4.78, 5) is 42.7. The largest absolute Gasteiger partial charge is 0.376 e. The van der Waals surface area contributed by atoms with Gasteiger partial charge in [-0.25, -0.2) is 8.78 Å². The standard InChI is InChI=1S/C27H29F2N3O5/c28-19-6-3-5-18(15-19)25(34)32-23(24(33)30-16-20-7-4-14-36-20)17-37-27(32)10-12-31(13-11-27)26(35)21-8-1-2-9-22(21)29/h1-3,5-6,8-9,15,20,23H,4,7,10-14,16-17H2,(H,30,33)/t20-,23+/m0/s1. The summed E-state index contributed by atoms with van der Waals surface area (Å²) in [6.07, 6.45) is 2.17. The Morgan fingerprint density at radius 3 is 2.51 bits per heavy atom. The van der Waals surface area contributed by atoms with E-state index in [-0.39, 0.29) is 55.7 Å². The summed E-state index contributed by atoms with van der Waals surface area (Å²) in [5, 5.41) is 2.87. The Kier molecular flexibility index (Phi) is 7.21. The van der Waals surface area contributed by atoms with E-state index in [1.807, 2.05) is 0 Å². The molecule has 2 atom stereocenters. The van der Waals surface area contributed by atoms with E-state index in [1.54, 1.807) is 6.07 Å². The van der Waals surface area contributed by atoms with Crippen LogP contribution in [0.5, 0.6) is 0 Å². The Labute approximate surface area is 213 Å². The van der Waals surface area contributed by atoms with Gasteiger partial charge in [-0.05, 0) is 43.2 Å². The van der Waals surface area contributed by atoms with Gasteiger partial charge >= 0.3 is 0 Å². The zero-order chi connectivity index (χ0) is 26.0. The zero-order valence-electron chi connectivity index (χ0n) is 20.3. The average molecular weight is 514 g/mol. The van der Waals surface area contributed by atoms with Gasteiger partial charge in [0, 0.05) is 44.6 Å². The molecule has 0 radical (unpaired) electrons. The van der Waals surface area contributed by atoms with E-state index in [1.165, 1.54) is 46.2 Å². The number of likely N-dealkylation sites (tertiary alicyclic amines) is 1. The number of halogens is 2. The number of hydrogen-bond donors (Lipinski definition) is 1. The first-order chi connectivity index (χ1) is 17.9. The number of carbonyl (C=O) groups excluding carboxylic acids is 3. The third-order valence-electron chi connectivity index (χ3n) is 7.32. The van der Waals surface area contributed by atoms with E-state index < -0.39 is 35.2 Å². The fourth-order valence-corrected chi connectivity index (χ4v) is 5.33. The molecule has 3 heterocycles. The van der Waals surface area contributed by atoms with Crippen LogP contribution in [0.2, 0.25) is 0 Å². The Morgan fingerprint density at radius 1 is 1.03 bits per heavy atom. The minimum absolute atomic E-state index is 0.0233. The topological polar surface area (TPSA) is 88.2 Å². The molecule has 3 saturated heterocycles. The molecule has 1 N–H and O–H groups in total. The van der Waals surface area contributed by atoms with Crippen molar-refractivity contribution in [3.05, 3.63) is 71.3 Å². The summed E-state index contributed by atoms with van der Waals surface area (Å²) in [5.41, 5.74) is -1.07. The van der Waals surface area contributed by atoms with Gasteiger partial charge in [0.1, 0.15) is 23.4 Å². The highest BCUT2D eigenvalue weighted by Gasteiger charge is 2.54. The number of amides is 3. The monoisotopic (exact) mass is 513 g/mol. The molecule has 3 aliphatic heterocycles. The summed E-state index contributed by atoms with van der Waals surface area (Å²) in [5.74, 6) is -2.51.